The molecular formula is C22H22ClFN4O3. The van der Waals surface area contributed by atoms with E-state index in [0.29, 0.717) is 34.8 Å². The van der Waals surface area contributed by atoms with E-state index in [4.69, 9.17) is 21.1 Å². The maximum Gasteiger partial charge on any atom is 0.219 e. The number of carbonyl (C=O) groups is 1. The quantitative estimate of drug-likeness (QED) is 0.621. The lowest BCUT2D eigenvalue weighted by Crippen LogP contribution is -2.43. The van der Waals surface area contributed by atoms with Crippen LogP contribution in [0.4, 0.5) is 15.9 Å². The lowest BCUT2D eigenvalue weighted by atomic mass is 10.1. The van der Waals surface area contributed by atoms with Crippen LogP contribution in [-0.2, 0) is 4.79 Å². The fourth-order valence-corrected chi connectivity index (χ4v) is 3.82. The summed E-state index contributed by atoms with van der Waals surface area (Å²) in [6.07, 6.45) is 2.92. The van der Waals surface area contributed by atoms with Gasteiger partial charge in [-0.05, 0) is 31.0 Å². The van der Waals surface area contributed by atoms with Gasteiger partial charge in [0.15, 0.2) is 17.3 Å². The standard InChI is InChI=1S/C22H22ClFN4O3/c1-13(29)28-8-4-5-14(11-28)31-20-9-15-18(10-19(20)30-2)25-12-26-22(15)27-17-7-3-6-16(23)21(17)24/h3,6-7,9-10,12,14H,4-5,8,11H2,1-2H3,(H,25,26,27)/t14-/m1/s1. The number of ether oxygens (including phenoxy) is 2. The highest BCUT2D eigenvalue weighted by Crippen LogP contribution is 2.36. The minimum Gasteiger partial charge on any atom is -0.493 e. The first kappa shape index (κ1) is 21.1. The number of benzene rings is 2. The van der Waals surface area contributed by atoms with Crippen molar-refractivity contribution in [2.75, 3.05) is 25.5 Å². The number of nitrogens with one attached hydrogen (secondary N) is 1. The molecule has 0 spiro atoms. The summed E-state index contributed by atoms with van der Waals surface area (Å²) in [5.41, 5.74) is 0.813. The van der Waals surface area contributed by atoms with Crippen molar-refractivity contribution in [1.82, 2.24) is 14.9 Å². The SMILES string of the molecule is COc1cc2ncnc(Nc3cccc(Cl)c3F)c2cc1O[C@@H]1CCCN(C(C)=O)C1. The Balaban J connectivity index is 1.68. The Morgan fingerprint density at radius 2 is 2.13 bits per heavy atom. The smallest absolute Gasteiger partial charge is 0.219 e. The molecule has 1 fully saturated rings. The second-order valence-corrected chi connectivity index (χ2v) is 7.72. The van der Waals surface area contributed by atoms with E-state index in [1.165, 1.54) is 12.4 Å². The van der Waals surface area contributed by atoms with Crippen LogP contribution >= 0.6 is 11.6 Å². The van der Waals surface area contributed by atoms with Crippen LogP contribution in [0.15, 0.2) is 36.7 Å². The predicted molar refractivity (Wildman–Crippen MR) is 117 cm³/mol. The molecule has 1 aromatic heterocycles. The van der Waals surface area contributed by atoms with Gasteiger partial charge in [0.25, 0.3) is 0 Å². The molecule has 0 radical (unpaired) electrons. The van der Waals surface area contributed by atoms with E-state index < -0.39 is 5.82 Å². The number of amides is 1. The van der Waals surface area contributed by atoms with Crippen LogP contribution in [0.3, 0.4) is 0 Å². The number of halogens is 2. The normalized spacial score (nSPS) is 16.3. The average Bonchev–Trinajstić information content (AvgIpc) is 2.77. The number of nitrogens with zero attached hydrogens (tertiary/aromatic N) is 3. The van der Waals surface area contributed by atoms with Gasteiger partial charge >= 0.3 is 0 Å². The molecule has 0 unspecified atom stereocenters. The van der Waals surface area contributed by atoms with Gasteiger partial charge in [-0.1, -0.05) is 17.7 Å². The Morgan fingerprint density at radius 1 is 1.29 bits per heavy atom. The van der Waals surface area contributed by atoms with Crippen molar-refractivity contribution in [2.45, 2.75) is 25.9 Å². The number of fused-ring (bicyclic) bond motifs is 1. The summed E-state index contributed by atoms with van der Waals surface area (Å²) >= 11 is 5.89. The molecule has 0 aliphatic carbocycles. The summed E-state index contributed by atoms with van der Waals surface area (Å²) in [6, 6.07) is 8.22. The van der Waals surface area contributed by atoms with Gasteiger partial charge in [-0.15, -0.1) is 0 Å². The van der Waals surface area contributed by atoms with Gasteiger partial charge in [0, 0.05) is 24.9 Å². The second-order valence-electron chi connectivity index (χ2n) is 7.32. The van der Waals surface area contributed by atoms with Crippen molar-refractivity contribution < 1.29 is 18.7 Å². The van der Waals surface area contributed by atoms with Gasteiger partial charge in [-0.25, -0.2) is 14.4 Å². The van der Waals surface area contributed by atoms with E-state index in [0.717, 1.165) is 19.4 Å². The van der Waals surface area contributed by atoms with E-state index in [2.05, 4.69) is 15.3 Å². The number of piperidine rings is 1. The first-order chi connectivity index (χ1) is 15.0. The summed E-state index contributed by atoms with van der Waals surface area (Å²) in [4.78, 5) is 22.1. The van der Waals surface area contributed by atoms with Crippen molar-refractivity contribution in [3.05, 3.63) is 47.5 Å². The highest BCUT2D eigenvalue weighted by molar-refractivity contribution is 6.31. The molecule has 0 saturated carbocycles. The molecule has 3 aromatic rings. The molecule has 2 heterocycles. The van der Waals surface area contributed by atoms with Crippen LogP contribution in [0, 0.1) is 5.82 Å². The third-order valence-electron chi connectivity index (χ3n) is 5.24. The van der Waals surface area contributed by atoms with Gasteiger partial charge in [-0.2, -0.15) is 0 Å². The fraction of sp³-hybridized carbons (Fsp3) is 0.318. The Kier molecular flexibility index (Phi) is 6.08. The van der Waals surface area contributed by atoms with Crippen LogP contribution in [-0.4, -0.2) is 47.1 Å². The molecule has 1 atom stereocenters. The summed E-state index contributed by atoms with van der Waals surface area (Å²) < 4.78 is 26.1. The van der Waals surface area contributed by atoms with Gasteiger partial charge in [0.1, 0.15) is 18.2 Å². The molecule has 31 heavy (non-hydrogen) atoms. The van der Waals surface area contributed by atoms with E-state index in [-0.39, 0.29) is 22.7 Å². The van der Waals surface area contributed by atoms with E-state index in [9.17, 15) is 9.18 Å². The fourth-order valence-electron chi connectivity index (χ4n) is 3.64. The van der Waals surface area contributed by atoms with Crippen LogP contribution in [0.25, 0.3) is 10.9 Å². The molecule has 1 amide bonds. The maximum atomic E-state index is 14.4. The molecule has 1 aliphatic rings. The number of likely N-dealkylation sites (tertiary alicyclic amines) is 1. The zero-order valence-electron chi connectivity index (χ0n) is 17.2. The van der Waals surface area contributed by atoms with Crippen molar-refractivity contribution in [2.24, 2.45) is 0 Å². The Labute approximate surface area is 184 Å². The highest BCUT2D eigenvalue weighted by atomic mass is 35.5. The third-order valence-corrected chi connectivity index (χ3v) is 5.53. The summed E-state index contributed by atoms with van der Waals surface area (Å²) in [7, 11) is 1.55. The predicted octanol–water partition coefficient (Wildman–Crippen LogP) is 4.56. The summed E-state index contributed by atoms with van der Waals surface area (Å²) in [5.74, 6) is 0.906. The zero-order chi connectivity index (χ0) is 22.0. The minimum atomic E-state index is -0.563. The summed E-state index contributed by atoms with van der Waals surface area (Å²) in [5, 5.41) is 3.64. The lowest BCUT2D eigenvalue weighted by molar-refractivity contribution is -0.131. The van der Waals surface area contributed by atoms with E-state index >= 15 is 0 Å². The van der Waals surface area contributed by atoms with E-state index in [1.807, 2.05) is 0 Å². The maximum absolute atomic E-state index is 14.4. The Bertz CT molecular complexity index is 1130. The lowest BCUT2D eigenvalue weighted by Gasteiger charge is -2.32. The largest absolute Gasteiger partial charge is 0.493 e. The first-order valence-electron chi connectivity index (χ1n) is 9.92. The molecule has 0 bridgehead atoms. The minimum absolute atomic E-state index is 0.0152. The van der Waals surface area contributed by atoms with Crippen molar-refractivity contribution >= 4 is 39.9 Å². The monoisotopic (exact) mass is 444 g/mol. The van der Waals surface area contributed by atoms with Gasteiger partial charge < -0.3 is 19.7 Å². The second kappa shape index (κ2) is 8.93. The molecule has 1 aliphatic heterocycles. The number of hydrogen-bond donors (Lipinski definition) is 1. The molecule has 1 saturated heterocycles. The number of methoxy groups -OCH3 is 1. The van der Waals surface area contributed by atoms with Gasteiger partial charge in [-0.3, -0.25) is 4.79 Å². The highest BCUT2D eigenvalue weighted by Gasteiger charge is 2.24. The van der Waals surface area contributed by atoms with Gasteiger partial charge in [0.05, 0.1) is 29.9 Å². The third kappa shape index (κ3) is 4.49. The van der Waals surface area contributed by atoms with Crippen molar-refractivity contribution in [1.29, 1.82) is 0 Å². The topological polar surface area (TPSA) is 76.6 Å². The van der Waals surface area contributed by atoms with Crippen LogP contribution < -0.4 is 14.8 Å². The number of aromatic nitrogens is 2. The number of hydrogen-bond acceptors (Lipinski definition) is 6. The molecule has 9 heteroatoms. The average molecular weight is 445 g/mol. The molecule has 2 aromatic carbocycles. The number of carbonyl (C=O) groups excluding carboxylic acids is 1. The number of anilines is 2. The Morgan fingerprint density at radius 3 is 2.90 bits per heavy atom. The van der Waals surface area contributed by atoms with Crippen LogP contribution in [0.5, 0.6) is 11.5 Å². The molecule has 7 nitrogen and oxygen atoms in total. The zero-order valence-corrected chi connectivity index (χ0v) is 17.9. The van der Waals surface area contributed by atoms with Gasteiger partial charge in [0.2, 0.25) is 5.91 Å². The number of rotatable bonds is 5. The van der Waals surface area contributed by atoms with E-state index in [1.54, 1.807) is 43.2 Å². The summed E-state index contributed by atoms with van der Waals surface area (Å²) in [6.45, 7) is 2.81. The molecule has 4 rings (SSSR count). The molecule has 162 valence electrons. The van der Waals surface area contributed by atoms with Crippen LogP contribution in [0.1, 0.15) is 19.8 Å². The van der Waals surface area contributed by atoms with Crippen molar-refractivity contribution in [3.8, 4) is 11.5 Å². The molecular weight excluding hydrogens is 423 g/mol. The van der Waals surface area contributed by atoms with Crippen molar-refractivity contribution in [3.63, 3.8) is 0 Å². The Hall–Kier alpha value is -3.13. The molecule has 1 N–H and O–H groups in total. The van der Waals surface area contributed by atoms with Crippen LogP contribution in [0.2, 0.25) is 5.02 Å². The first-order valence-corrected chi connectivity index (χ1v) is 10.3.